The van der Waals surface area contributed by atoms with E-state index in [1.54, 1.807) is 0 Å². The normalized spacial score (nSPS) is 21.6. The summed E-state index contributed by atoms with van der Waals surface area (Å²) in [6, 6.07) is 17.5. The molecule has 0 N–H and O–H groups in total. The SMILES string of the molecule is C/C=C1\C[C@H]2C=Nc3cc(OCc4cc(COc5ccc6c(c5)N=C[C@@H]5C/C(=C\C)CN5C6=O)cc(C(C)(C)C)c4)ccc3C(=O)N2C1. The van der Waals surface area contributed by atoms with Gasteiger partial charge in [0.15, 0.2) is 0 Å². The maximum Gasteiger partial charge on any atom is 0.256 e. The molecule has 0 spiro atoms. The number of amides is 2. The molecule has 246 valence electrons. The molecular formula is C40H42N4O4. The number of carbonyl (C=O) groups is 2. The predicted octanol–water partition coefficient (Wildman–Crippen LogP) is 7.90. The Balaban J connectivity index is 1.06. The van der Waals surface area contributed by atoms with E-state index in [2.05, 4.69) is 51.1 Å². The van der Waals surface area contributed by atoms with E-state index in [9.17, 15) is 9.59 Å². The summed E-state index contributed by atoms with van der Waals surface area (Å²) in [5.74, 6) is 1.34. The molecule has 0 aromatic heterocycles. The number of fused-ring (bicyclic) bond motifs is 4. The van der Waals surface area contributed by atoms with Crippen LogP contribution < -0.4 is 9.47 Å². The Morgan fingerprint density at radius 2 is 1.17 bits per heavy atom. The summed E-state index contributed by atoms with van der Waals surface area (Å²) in [6.45, 7) is 12.6. The van der Waals surface area contributed by atoms with Crippen LogP contribution in [0.1, 0.15) is 84.9 Å². The number of benzene rings is 3. The van der Waals surface area contributed by atoms with Crippen molar-refractivity contribution in [2.75, 3.05) is 13.1 Å². The lowest BCUT2D eigenvalue weighted by Crippen LogP contribution is -2.35. The Morgan fingerprint density at radius 1 is 0.708 bits per heavy atom. The van der Waals surface area contributed by atoms with E-state index in [-0.39, 0.29) is 29.3 Å². The summed E-state index contributed by atoms with van der Waals surface area (Å²) >= 11 is 0. The molecule has 0 aliphatic carbocycles. The number of nitrogens with zero attached hydrogens (tertiary/aromatic N) is 4. The third-order valence-electron chi connectivity index (χ3n) is 9.73. The van der Waals surface area contributed by atoms with Crippen molar-refractivity contribution in [3.8, 4) is 11.5 Å². The molecule has 8 heteroatoms. The molecule has 2 amide bonds. The zero-order valence-electron chi connectivity index (χ0n) is 28.3. The topological polar surface area (TPSA) is 83.8 Å². The zero-order chi connectivity index (χ0) is 33.6. The van der Waals surface area contributed by atoms with E-state index in [0.717, 1.165) is 24.0 Å². The van der Waals surface area contributed by atoms with E-state index >= 15 is 0 Å². The zero-order valence-corrected chi connectivity index (χ0v) is 28.3. The van der Waals surface area contributed by atoms with Crippen LogP contribution in [-0.4, -0.2) is 59.2 Å². The van der Waals surface area contributed by atoms with Gasteiger partial charge in [0.25, 0.3) is 11.8 Å². The Bertz CT molecular complexity index is 1790. The number of hydrogen-bond donors (Lipinski definition) is 0. The van der Waals surface area contributed by atoms with Gasteiger partial charge in [0, 0.05) is 37.7 Å². The highest BCUT2D eigenvalue weighted by atomic mass is 16.5. The number of rotatable bonds is 6. The van der Waals surface area contributed by atoms with Gasteiger partial charge in [0.2, 0.25) is 0 Å². The van der Waals surface area contributed by atoms with Crippen LogP contribution in [0.3, 0.4) is 0 Å². The molecule has 0 unspecified atom stereocenters. The number of allylic oxidation sites excluding steroid dienone is 2. The van der Waals surface area contributed by atoms with E-state index in [1.807, 2.05) is 72.5 Å². The minimum atomic E-state index is -0.0799. The molecule has 4 aliphatic heterocycles. The lowest BCUT2D eigenvalue weighted by Gasteiger charge is -2.22. The molecule has 0 saturated carbocycles. The fraction of sp³-hybridized carbons (Fsp3) is 0.350. The van der Waals surface area contributed by atoms with Crippen molar-refractivity contribution in [1.29, 1.82) is 0 Å². The molecule has 7 rings (SSSR count). The molecule has 4 aliphatic rings. The maximum atomic E-state index is 13.3. The number of ether oxygens (including phenoxy) is 2. The highest BCUT2D eigenvalue weighted by molar-refractivity contribution is 6.04. The van der Waals surface area contributed by atoms with E-state index < -0.39 is 0 Å². The molecule has 3 aromatic carbocycles. The number of aliphatic imine (C=N–C) groups is 2. The van der Waals surface area contributed by atoms with Crippen molar-refractivity contribution in [3.05, 3.63) is 106 Å². The molecule has 4 heterocycles. The van der Waals surface area contributed by atoms with Gasteiger partial charge in [0.05, 0.1) is 34.6 Å². The van der Waals surface area contributed by atoms with Gasteiger partial charge in [-0.1, -0.05) is 56.2 Å². The summed E-state index contributed by atoms with van der Waals surface area (Å²) in [5.41, 5.74) is 8.15. The second-order valence-corrected chi connectivity index (χ2v) is 14.1. The average Bonchev–Trinajstić information content (AvgIpc) is 3.65. The van der Waals surface area contributed by atoms with Crippen molar-refractivity contribution in [3.63, 3.8) is 0 Å². The quantitative estimate of drug-likeness (QED) is 0.256. The minimum Gasteiger partial charge on any atom is -0.489 e. The van der Waals surface area contributed by atoms with Gasteiger partial charge in [-0.05, 0) is 79.1 Å². The van der Waals surface area contributed by atoms with Crippen LogP contribution in [0.5, 0.6) is 11.5 Å². The Morgan fingerprint density at radius 3 is 1.58 bits per heavy atom. The van der Waals surface area contributed by atoms with Gasteiger partial charge in [-0.3, -0.25) is 19.6 Å². The van der Waals surface area contributed by atoms with Crippen LogP contribution in [0, 0.1) is 0 Å². The van der Waals surface area contributed by atoms with E-state index in [0.29, 0.717) is 60.3 Å². The van der Waals surface area contributed by atoms with E-state index in [4.69, 9.17) is 19.5 Å². The summed E-state index contributed by atoms with van der Waals surface area (Å²) < 4.78 is 12.5. The molecule has 0 radical (unpaired) electrons. The first-order valence-corrected chi connectivity index (χ1v) is 16.7. The largest absolute Gasteiger partial charge is 0.489 e. The van der Waals surface area contributed by atoms with Crippen molar-refractivity contribution in [2.24, 2.45) is 9.98 Å². The monoisotopic (exact) mass is 642 g/mol. The minimum absolute atomic E-state index is 0.00768. The molecular weight excluding hydrogens is 600 g/mol. The van der Waals surface area contributed by atoms with Gasteiger partial charge in [-0.15, -0.1) is 0 Å². The van der Waals surface area contributed by atoms with Crippen molar-refractivity contribution >= 4 is 35.6 Å². The molecule has 48 heavy (non-hydrogen) atoms. The van der Waals surface area contributed by atoms with Crippen LogP contribution in [0.25, 0.3) is 0 Å². The highest BCUT2D eigenvalue weighted by Gasteiger charge is 2.35. The highest BCUT2D eigenvalue weighted by Crippen LogP contribution is 2.35. The number of carbonyl (C=O) groups excluding carboxylic acids is 2. The van der Waals surface area contributed by atoms with Crippen LogP contribution in [0.15, 0.2) is 87.9 Å². The first-order chi connectivity index (χ1) is 23.1. The Labute approximate surface area is 282 Å². The van der Waals surface area contributed by atoms with Crippen LogP contribution in [0.2, 0.25) is 0 Å². The fourth-order valence-electron chi connectivity index (χ4n) is 6.80. The maximum absolute atomic E-state index is 13.3. The van der Waals surface area contributed by atoms with Crippen molar-refractivity contribution in [1.82, 2.24) is 9.80 Å². The van der Waals surface area contributed by atoms with Gasteiger partial charge >= 0.3 is 0 Å². The summed E-state index contributed by atoms with van der Waals surface area (Å²) in [7, 11) is 0. The summed E-state index contributed by atoms with van der Waals surface area (Å²) in [5, 5.41) is 0. The summed E-state index contributed by atoms with van der Waals surface area (Å²) in [6.07, 6.45) is 9.62. The fourth-order valence-corrected chi connectivity index (χ4v) is 6.80. The average molecular weight is 643 g/mol. The van der Waals surface area contributed by atoms with Gasteiger partial charge in [0.1, 0.15) is 24.7 Å². The molecule has 0 bridgehead atoms. The second kappa shape index (κ2) is 12.6. The van der Waals surface area contributed by atoms with E-state index in [1.165, 1.54) is 16.7 Å². The Kier molecular flexibility index (Phi) is 8.27. The van der Waals surface area contributed by atoms with Crippen LogP contribution >= 0.6 is 0 Å². The molecule has 8 nitrogen and oxygen atoms in total. The summed E-state index contributed by atoms with van der Waals surface area (Å²) in [4.78, 5) is 39.8. The van der Waals surface area contributed by atoms with Crippen molar-refractivity contribution in [2.45, 2.75) is 78.2 Å². The van der Waals surface area contributed by atoms with Crippen molar-refractivity contribution < 1.29 is 19.1 Å². The molecule has 2 saturated heterocycles. The lowest BCUT2D eigenvalue weighted by atomic mass is 9.85. The standard InChI is InChI=1S/C40H42N4O4/c1-6-25-15-30-19-41-36-17-32(8-10-34(36)38(45)43(30)21-25)47-23-27-12-28(14-29(13-27)40(3,4)5)24-48-33-9-11-35-37(18-33)42-20-31-16-26(7-2)22-44(31)39(35)46/h6-14,17-20,30-31H,15-16,21-24H2,1-5H3/b25-6+,26-7+/t30-,31-/m0/s1. The lowest BCUT2D eigenvalue weighted by molar-refractivity contribution is 0.0770. The van der Waals surface area contributed by atoms with Gasteiger partial charge in [-0.2, -0.15) is 0 Å². The Hall–Kier alpha value is -4.98. The first-order valence-electron chi connectivity index (χ1n) is 16.7. The van der Waals surface area contributed by atoms with Gasteiger partial charge in [-0.25, -0.2) is 0 Å². The molecule has 3 aromatic rings. The third kappa shape index (κ3) is 6.19. The smallest absolute Gasteiger partial charge is 0.256 e. The molecule has 2 fully saturated rings. The van der Waals surface area contributed by atoms with Crippen LogP contribution in [0.4, 0.5) is 11.4 Å². The second-order valence-electron chi connectivity index (χ2n) is 14.1. The molecule has 2 atom stereocenters. The number of hydrogen-bond acceptors (Lipinski definition) is 6. The third-order valence-corrected chi connectivity index (χ3v) is 9.73. The predicted molar refractivity (Wildman–Crippen MR) is 189 cm³/mol. The van der Waals surface area contributed by atoms with Gasteiger partial charge < -0.3 is 19.3 Å². The van der Waals surface area contributed by atoms with Crippen LogP contribution in [-0.2, 0) is 18.6 Å². The first kappa shape index (κ1) is 31.6.